The van der Waals surface area contributed by atoms with E-state index in [1.54, 1.807) is 11.0 Å². The van der Waals surface area contributed by atoms with Crippen LogP contribution in [-0.4, -0.2) is 17.4 Å². The zero-order valence-corrected chi connectivity index (χ0v) is 14.3. The summed E-state index contributed by atoms with van der Waals surface area (Å²) in [6.07, 6.45) is 3.34. The molecule has 2 aliphatic rings. The lowest BCUT2D eigenvalue weighted by atomic mass is 9.63. The van der Waals surface area contributed by atoms with E-state index in [0.717, 1.165) is 36.8 Å². The fourth-order valence-corrected chi connectivity index (χ4v) is 4.00. The molecule has 6 heteroatoms. The molecule has 0 N–H and O–H groups in total. The molecule has 1 aliphatic heterocycles. The number of benzene rings is 2. The first-order valence-corrected chi connectivity index (χ1v) is 8.74. The van der Waals surface area contributed by atoms with Crippen molar-refractivity contribution in [3.05, 3.63) is 68.7 Å². The van der Waals surface area contributed by atoms with E-state index in [1.165, 1.54) is 12.1 Å². The van der Waals surface area contributed by atoms with E-state index in [2.05, 4.69) is 0 Å². The van der Waals surface area contributed by atoms with Crippen LogP contribution in [0.2, 0.25) is 5.02 Å². The van der Waals surface area contributed by atoms with Crippen LogP contribution in [0.5, 0.6) is 0 Å². The first-order valence-electron chi connectivity index (χ1n) is 8.37. The van der Waals surface area contributed by atoms with Crippen molar-refractivity contribution in [1.29, 1.82) is 0 Å². The molecule has 1 saturated carbocycles. The van der Waals surface area contributed by atoms with Crippen molar-refractivity contribution in [2.45, 2.75) is 31.1 Å². The van der Waals surface area contributed by atoms with Gasteiger partial charge in [0.15, 0.2) is 0 Å². The average molecular weight is 357 g/mol. The normalized spacial score (nSPS) is 17.7. The molecule has 1 heterocycles. The van der Waals surface area contributed by atoms with Crippen molar-refractivity contribution in [2.24, 2.45) is 0 Å². The van der Waals surface area contributed by atoms with Crippen LogP contribution in [0.25, 0.3) is 0 Å². The van der Waals surface area contributed by atoms with E-state index in [9.17, 15) is 14.9 Å². The smallest absolute Gasteiger partial charge is 0.271 e. The van der Waals surface area contributed by atoms with Crippen molar-refractivity contribution in [3.8, 4) is 0 Å². The molecule has 0 saturated heterocycles. The van der Waals surface area contributed by atoms with E-state index in [-0.39, 0.29) is 11.6 Å². The van der Waals surface area contributed by atoms with Gasteiger partial charge in [-0.15, -0.1) is 0 Å². The molecule has 0 spiro atoms. The Labute approximate surface area is 150 Å². The molecular weight excluding hydrogens is 340 g/mol. The van der Waals surface area contributed by atoms with Crippen LogP contribution in [0.4, 0.5) is 11.4 Å². The Morgan fingerprint density at radius 1 is 1.16 bits per heavy atom. The Kier molecular flexibility index (Phi) is 3.76. The van der Waals surface area contributed by atoms with Gasteiger partial charge in [0.25, 0.3) is 5.69 Å². The lowest BCUT2D eigenvalue weighted by Crippen LogP contribution is -2.50. The van der Waals surface area contributed by atoms with Gasteiger partial charge in [0.1, 0.15) is 0 Å². The number of carbonyl (C=O) groups excluding carboxylic acids is 1. The third-order valence-corrected chi connectivity index (χ3v) is 5.69. The molecule has 0 unspecified atom stereocenters. The molecule has 4 rings (SSSR count). The molecule has 2 aromatic rings. The maximum Gasteiger partial charge on any atom is 0.271 e. The summed E-state index contributed by atoms with van der Waals surface area (Å²) in [4.78, 5) is 25.8. The monoisotopic (exact) mass is 356 g/mol. The second kappa shape index (κ2) is 5.85. The molecule has 0 radical (unpaired) electrons. The molecule has 128 valence electrons. The van der Waals surface area contributed by atoms with Crippen LogP contribution in [-0.2, 0) is 16.6 Å². The second-order valence-corrected chi connectivity index (χ2v) is 7.16. The Morgan fingerprint density at radius 2 is 1.88 bits per heavy atom. The minimum absolute atomic E-state index is 0.0209. The lowest BCUT2D eigenvalue weighted by Gasteiger charge is -2.43. The number of rotatable bonds is 3. The van der Waals surface area contributed by atoms with Gasteiger partial charge in [-0.25, -0.2) is 0 Å². The molecule has 25 heavy (non-hydrogen) atoms. The van der Waals surface area contributed by atoms with Gasteiger partial charge in [-0.3, -0.25) is 14.9 Å². The van der Waals surface area contributed by atoms with Gasteiger partial charge in [-0.1, -0.05) is 36.2 Å². The van der Waals surface area contributed by atoms with Gasteiger partial charge >= 0.3 is 0 Å². The maximum absolute atomic E-state index is 13.4. The zero-order valence-electron chi connectivity index (χ0n) is 13.6. The number of halogens is 1. The van der Waals surface area contributed by atoms with Gasteiger partial charge in [-0.05, 0) is 42.5 Å². The number of hydrogen-bond donors (Lipinski definition) is 0. The van der Waals surface area contributed by atoms with Crippen molar-refractivity contribution in [3.63, 3.8) is 0 Å². The fraction of sp³-hybridized carbons (Fsp3) is 0.316. The number of carbonyl (C=O) groups is 1. The summed E-state index contributed by atoms with van der Waals surface area (Å²) in [5.74, 6) is 0.0420. The summed E-state index contributed by atoms with van der Waals surface area (Å²) in [6, 6.07) is 12.3. The number of fused-ring (bicyclic) bond motifs is 1. The third kappa shape index (κ3) is 2.50. The van der Waals surface area contributed by atoms with E-state index in [4.69, 9.17) is 11.6 Å². The molecular formula is C19H17ClN2O3. The SMILES string of the molecule is O=C(N1CCc2ccc([N+](=O)[O-])cc21)C1(c2ccc(Cl)cc2)CCC1. The highest BCUT2D eigenvalue weighted by Crippen LogP contribution is 2.47. The van der Waals surface area contributed by atoms with E-state index in [0.29, 0.717) is 17.3 Å². The first-order chi connectivity index (χ1) is 12.0. The minimum atomic E-state index is -0.531. The predicted octanol–water partition coefficient (Wildman–Crippen LogP) is 4.26. The van der Waals surface area contributed by atoms with Crippen LogP contribution < -0.4 is 4.90 Å². The number of nitrogens with zero attached hydrogens (tertiary/aromatic N) is 2. The molecule has 0 bridgehead atoms. The van der Waals surface area contributed by atoms with Crippen LogP contribution in [0.15, 0.2) is 42.5 Å². The average Bonchev–Trinajstić information content (AvgIpc) is 2.98. The Hall–Kier alpha value is -2.40. The van der Waals surface area contributed by atoms with Crippen molar-refractivity contribution < 1.29 is 9.72 Å². The number of nitro groups is 1. The van der Waals surface area contributed by atoms with Gasteiger partial charge in [0, 0.05) is 23.7 Å². The number of non-ortho nitro benzene ring substituents is 1. The number of nitro benzene ring substituents is 1. The van der Waals surface area contributed by atoms with Crippen LogP contribution in [0, 0.1) is 10.1 Å². The van der Waals surface area contributed by atoms with Crippen LogP contribution >= 0.6 is 11.6 Å². The summed E-state index contributed by atoms with van der Waals surface area (Å²) in [5, 5.41) is 11.7. The molecule has 0 atom stereocenters. The summed E-state index contributed by atoms with van der Waals surface area (Å²) in [5.41, 5.74) is 2.14. The minimum Gasteiger partial charge on any atom is -0.311 e. The summed E-state index contributed by atoms with van der Waals surface area (Å²) in [7, 11) is 0. The van der Waals surface area contributed by atoms with Gasteiger partial charge in [0.2, 0.25) is 5.91 Å². The van der Waals surface area contributed by atoms with E-state index < -0.39 is 10.3 Å². The van der Waals surface area contributed by atoms with Crippen LogP contribution in [0.3, 0.4) is 0 Å². The zero-order chi connectivity index (χ0) is 17.6. The van der Waals surface area contributed by atoms with Gasteiger partial charge < -0.3 is 4.90 Å². The fourth-order valence-electron chi connectivity index (χ4n) is 3.88. The highest BCUT2D eigenvalue weighted by molar-refractivity contribution is 6.30. The highest BCUT2D eigenvalue weighted by atomic mass is 35.5. The number of hydrogen-bond acceptors (Lipinski definition) is 3. The quantitative estimate of drug-likeness (QED) is 0.609. The standard InChI is InChI=1S/C19H17ClN2O3/c20-15-5-3-14(4-6-15)19(9-1-10-19)18(23)21-11-8-13-2-7-16(22(24)25)12-17(13)21/h2-7,12H,1,8-11H2. The number of anilines is 1. The summed E-state index contributed by atoms with van der Waals surface area (Å²) in [6.45, 7) is 0.574. The molecule has 1 aliphatic carbocycles. The molecule has 2 aromatic carbocycles. The summed E-state index contributed by atoms with van der Waals surface area (Å²) < 4.78 is 0. The van der Waals surface area contributed by atoms with Gasteiger partial charge in [0.05, 0.1) is 16.0 Å². The van der Waals surface area contributed by atoms with Crippen molar-refractivity contribution in [1.82, 2.24) is 0 Å². The highest BCUT2D eigenvalue weighted by Gasteiger charge is 2.49. The maximum atomic E-state index is 13.4. The lowest BCUT2D eigenvalue weighted by molar-refractivity contribution is -0.384. The topological polar surface area (TPSA) is 63.5 Å². The van der Waals surface area contributed by atoms with Crippen molar-refractivity contribution >= 4 is 28.9 Å². The van der Waals surface area contributed by atoms with E-state index in [1.807, 2.05) is 24.3 Å². The van der Waals surface area contributed by atoms with Crippen LogP contribution in [0.1, 0.15) is 30.4 Å². The first kappa shape index (κ1) is 16.1. The Morgan fingerprint density at radius 3 is 2.48 bits per heavy atom. The largest absolute Gasteiger partial charge is 0.311 e. The molecule has 0 aromatic heterocycles. The predicted molar refractivity (Wildman–Crippen MR) is 96.1 cm³/mol. The second-order valence-electron chi connectivity index (χ2n) is 6.72. The van der Waals surface area contributed by atoms with Crippen molar-refractivity contribution in [2.75, 3.05) is 11.4 Å². The Balaban J connectivity index is 1.71. The molecule has 5 nitrogen and oxygen atoms in total. The Bertz CT molecular complexity index is 859. The third-order valence-electron chi connectivity index (χ3n) is 5.43. The summed E-state index contributed by atoms with van der Waals surface area (Å²) >= 11 is 5.98. The van der Waals surface area contributed by atoms with E-state index >= 15 is 0 Å². The molecule has 1 amide bonds. The number of amides is 1. The van der Waals surface area contributed by atoms with Gasteiger partial charge in [-0.2, -0.15) is 0 Å². The molecule has 1 fully saturated rings.